The molecule has 0 aromatic heterocycles. The molecule has 0 spiro atoms. The number of nitrogens with zero attached hydrogens (tertiary/aromatic N) is 1. The molecule has 0 heterocycles. The van der Waals surface area contributed by atoms with Crippen molar-refractivity contribution in [1.82, 2.24) is 0 Å². The minimum absolute atomic E-state index is 0.116. The molecule has 0 saturated carbocycles. The normalized spacial score (nSPS) is 12.0. The van der Waals surface area contributed by atoms with Crippen molar-refractivity contribution >= 4 is 40.6 Å². The third-order valence-electron chi connectivity index (χ3n) is 11.2. The van der Waals surface area contributed by atoms with Gasteiger partial charge in [-0.3, -0.25) is 9.59 Å². The molecule has 0 amide bonds. The summed E-state index contributed by atoms with van der Waals surface area (Å²) in [6, 6.07) is 57.4. The Morgan fingerprint density at radius 1 is 0.508 bits per heavy atom. The first kappa shape index (κ1) is 47.1. The van der Waals surface area contributed by atoms with E-state index in [9.17, 15) is 9.59 Å². The monoisotopic (exact) mass is 865 g/mol. The van der Waals surface area contributed by atoms with Crippen molar-refractivity contribution in [3.05, 3.63) is 209 Å². The van der Waals surface area contributed by atoms with E-state index >= 15 is 0 Å². The maximum atomic E-state index is 11.4. The van der Waals surface area contributed by atoms with Crippen molar-refractivity contribution in [1.29, 1.82) is 0 Å². The Morgan fingerprint density at radius 3 is 1.20 bits per heavy atom. The summed E-state index contributed by atoms with van der Waals surface area (Å²) in [5.74, 6) is 2.66. The van der Waals surface area contributed by atoms with Crippen LogP contribution >= 0.6 is 0 Å². The zero-order chi connectivity index (χ0) is 46.5. The minimum atomic E-state index is -0.339. The van der Waals surface area contributed by atoms with Gasteiger partial charge in [0, 0.05) is 36.3 Å². The van der Waals surface area contributed by atoms with Crippen molar-refractivity contribution in [3.8, 4) is 23.0 Å². The van der Waals surface area contributed by atoms with E-state index < -0.39 is 0 Å². The van der Waals surface area contributed by atoms with E-state index in [-0.39, 0.29) is 17.4 Å². The van der Waals surface area contributed by atoms with Crippen molar-refractivity contribution in [3.63, 3.8) is 0 Å². The Morgan fingerprint density at radius 2 is 0.846 bits per heavy atom. The Labute approximate surface area is 384 Å². The Kier molecular flexibility index (Phi) is 15.8. The lowest BCUT2D eigenvalue weighted by atomic mass is 9.71. The fraction of sp³-hybridized carbons (Fsp3) is 0.207. The van der Waals surface area contributed by atoms with E-state index in [0.29, 0.717) is 17.4 Å². The number of carbonyl (C=O) groups is 2. The lowest BCUT2D eigenvalue weighted by Gasteiger charge is -2.33. The molecule has 0 N–H and O–H groups in total. The average molecular weight is 866 g/mol. The molecule has 0 aliphatic rings. The van der Waals surface area contributed by atoms with Gasteiger partial charge in [0.15, 0.2) is 0 Å². The predicted molar refractivity (Wildman–Crippen MR) is 265 cm³/mol. The molecule has 65 heavy (non-hydrogen) atoms. The van der Waals surface area contributed by atoms with Gasteiger partial charge >= 0.3 is 11.9 Å². The fourth-order valence-electron chi connectivity index (χ4n) is 7.93. The van der Waals surface area contributed by atoms with Crippen LogP contribution in [0.15, 0.2) is 170 Å². The smallest absolute Gasteiger partial charge is 0.308 e. The second kappa shape index (κ2) is 21.8. The highest BCUT2D eigenvalue weighted by atomic mass is 16.5. The van der Waals surface area contributed by atoms with Gasteiger partial charge in [-0.05, 0) is 151 Å². The predicted octanol–water partition coefficient (Wildman–Crippen LogP) is 14.3. The molecule has 0 fully saturated rings. The molecule has 7 rings (SSSR count). The van der Waals surface area contributed by atoms with Crippen LogP contribution in [0.3, 0.4) is 0 Å². The van der Waals surface area contributed by atoms with Crippen LogP contribution in [0, 0.1) is 19.8 Å². The number of esters is 2. The Balaban J connectivity index is 0.000000248. The average Bonchev–Trinajstić information content (AvgIpc) is 3.30. The van der Waals surface area contributed by atoms with Crippen molar-refractivity contribution < 1.29 is 28.5 Å². The molecule has 7 nitrogen and oxygen atoms in total. The molecule has 0 radical (unpaired) electrons. The fourth-order valence-corrected chi connectivity index (χ4v) is 7.93. The van der Waals surface area contributed by atoms with Gasteiger partial charge in [-0.1, -0.05) is 117 Å². The number of hydrogen-bond acceptors (Lipinski definition) is 7. The molecule has 0 aliphatic heterocycles. The van der Waals surface area contributed by atoms with Crippen LogP contribution in [-0.2, 0) is 15.0 Å². The molecule has 0 bridgehead atoms. The number of methoxy groups -OCH3 is 2. The molecule has 1 unspecified atom stereocenters. The standard InChI is InChI=1S/C37H33NO3.C21H26O3/c1-26-5-15-32(16-6-26)38(33-17-7-27(2)8-18-33)34-19-9-29(10-20-34)25-37(30-11-21-35(40-4)22-12-30)31-13-23-36(24-14-31)41-28(3)39;1-15(2)14-21(4,17-6-10-19(23-5)11-7-17)18-8-12-20(13-9-18)24-16(3)22/h5-25H,1-4H3;6-13,15H,14H2,1-5H3. The number of rotatable bonds is 14. The highest BCUT2D eigenvalue weighted by Crippen LogP contribution is 2.40. The van der Waals surface area contributed by atoms with Crippen LogP contribution in [0.1, 0.15) is 80.0 Å². The SMILES string of the molecule is COc1ccc(C(=Cc2ccc(N(c3ccc(C)cc3)c3ccc(C)cc3)cc2)c2ccc(OC(C)=O)cc2)cc1.COc1ccc(C(C)(CC(C)C)c2ccc(OC(C)=O)cc2)cc1. The van der Waals surface area contributed by atoms with Gasteiger partial charge in [-0.2, -0.15) is 0 Å². The lowest BCUT2D eigenvalue weighted by Crippen LogP contribution is -2.25. The minimum Gasteiger partial charge on any atom is -0.497 e. The third kappa shape index (κ3) is 12.6. The largest absolute Gasteiger partial charge is 0.497 e. The molecule has 0 aliphatic carbocycles. The number of carbonyl (C=O) groups excluding carboxylic acids is 2. The van der Waals surface area contributed by atoms with Gasteiger partial charge in [-0.15, -0.1) is 0 Å². The first-order chi connectivity index (χ1) is 31.2. The van der Waals surface area contributed by atoms with Crippen LogP contribution in [-0.4, -0.2) is 26.2 Å². The lowest BCUT2D eigenvalue weighted by molar-refractivity contribution is -0.132. The zero-order valence-electron chi connectivity index (χ0n) is 38.9. The van der Waals surface area contributed by atoms with E-state index in [2.05, 4.69) is 143 Å². The van der Waals surface area contributed by atoms with Gasteiger partial charge in [0.1, 0.15) is 23.0 Å². The first-order valence-corrected chi connectivity index (χ1v) is 21.9. The summed E-state index contributed by atoms with van der Waals surface area (Å²) < 4.78 is 21.0. The van der Waals surface area contributed by atoms with E-state index in [4.69, 9.17) is 18.9 Å². The van der Waals surface area contributed by atoms with Crippen LogP contribution in [0.5, 0.6) is 23.0 Å². The van der Waals surface area contributed by atoms with Crippen LogP contribution in [0.25, 0.3) is 11.6 Å². The van der Waals surface area contributed by atoms with Crippen molar-refractivity contribution in [2.45, 2.75) is 60.3 Å². The summed E-state index contributed by atoms with van der Waals surface area (Å²) in [6.45, 7) is 13.7. The third-order valence-corrected chi connectivity index (χ3v) is 11.2. The van der Waals surface area contributed by atoms with Crippen LogP contribution < -0.4 is 23.8 Å². The maximum absolute atomic E-state index is 11.4. The first-order valence-electron chi connectivity index (χ1n) is 21.9. The molecule has 332 valence electrons. The molecule has 7 heteroatoms. The molecule has 0 saturated heterocycles. The Hall–Kier alpha value is -7.38. The van der Waals surface area contributed by atoms with Crippen molar-refractivity contribution in [2.24, 2.45) is 5.92 Å². The summed E-state index contributed by atoms with van der Waals surface area (Å²) >= 11 is 0. The molecule has 7 aromatic rings. The van der Waals surface area contributed by atoms with Gasteiger partial charge in [0.2, 0.25) is 0 Å². The summed E-state index contributed by atoms with van der Waals surface area (Å²) in [4.78, 5) is 24.7. The second-order valence-corrected chi connectivity index (χ2v) is 16.8. The Bertz CT molecular complexity index is 2600. The van der Waals surface area contributed by atoms with Gasteiger partial charge in [-0.25, -0.2) is 0 Å². The van der Waals surface area contributed by atoms with E-state index in [1.165, 1.54) is 36.1 Å². The van der Waals surface area contributed by atoms with E-state index in [0.717, 1.165) is 57.2 Å². The summed E-state index contributed by atoms with van der Waals surface area (Å²) in [5.41, 5.74) is 12.3. The van der Waals surface area contributed by atoms with E-state index in [1.807, 2.05) is 72.8 Å². The summed E-state index contributed by atoms with van der Waals surface area (Å²) in [5, 5.41) is 0. The maximum Gasteiger partial charge on any atom is 0.308 e. The molecule has 1 atom stereocenters. The molecule has 7 aromatic carbocycles. The second-order valence-electron chi connectivity index (χ2n) is 16.8. The number of anilines is 3. The highest BCUT2D eigenvalue weighted by Gasteiger charge is 2.30. The quantitative estimate of drug-likeness (QED) is 0.0612. The van der Waals surface area contributed by atoms with Crippen LogP contribution in [0.2, 0.25) is 0 Å². The van der Waals surface area contributed by atoms with Gasteiger partial charge in [0.05, 0.1) is 14.2 Å². The number of benzene rings is 7. The molecular formula is C58H59NO6. The van der Waals surface area contributed by atoms with Crippen LogP contribution in [0.4, 0.5) is 17.1 Å². The number of aryl methyl sites for hydroxylation is 2. The van der Waals surface area contributed by atoms with Gasteiger partial charge < -0.3 is 23.8 Å². The highest BCUT2D eigenvalue weighted by molar-refractivity contribution is 5.92. The summed E-state index contributed by atoms with van der Waals surface area (Å²) in [7, 11) is 3.34. The number of ether oxygens (including phenoxy) is 4. The van der Waals surface area contributed by atoms with Gasteiger partial charge in [0.25, 0.3) is 0 Å². The molecular weight excluding hydrogens is 807 g/mol. The topological polar surface area (TPSA) is 74.3 Å². The number of hydrogen-bond donors (Lipinski definition) is 0. The summed E-state index contributed by atoms with van der Waals surface area (Å²) in [6.07, 6.45) is 3.20. The zero-order valence-corrected chi connectivity index (χ0v) is 38.9. The van der Waals surface area contributed by atoms with Crippen molar-refractivity contribution in [2.75, 3.05) is 19.1 Å². The van der Waals surface area contributed by atoms with E-state index in [1.54, 1.807) is 14.2 Å².